The van der Waals surface area contributed by atoms with Gasteiger partial charge in [0.15, 0.2) is 6.61 Å². The average molecular weight is 501 g/mol. The third-order valence-corrected chi connectivity index (χ3v) is 5.04. The smallest absolute Gasteiger partial charge is 0.416 e. The molecule has 0 radical (unpaired) electrons. The number of imide groups is 1. The third kappa shape index (κ3) is 5.63. The Kier molecular flexibility index (Phi) is 6.52. The van der Waals surface area contributed by atoms with Crippen LogP contribution in [-0.2, 0) is 15.8 Å². The standard InChI is InChI=1S/C19H12BrF3N2O4S/c20-12-4-5-14(10(6-12)7-15-17(27)25-18(28)30-15)29-9-16(26)24-13-3-1-2-11(8-13)19(21,22)23/h1-8H,9H2,(H,24,26)(H,25,27,28)/b15-7-. The molecule has 2 aromatic carbocycles. The molecule has 3 amide bonds. The number of anilines is 1. The number of carbonyl (C=O) groups is 3. The van der Waals surface area contributed by atoms with Crippen molar-refractivity contribution < 1.29 is 32.3 Å². The van der Waals surface area contributed by atoms with Gasteiger partial charge in [0.25, 0.3) is 17.1 Å². The maximum absolute atomic E-state index is 12.8. The molecule has 6 nitrogen and oxygen atoms in total. The van der Waals surface area contributed by atoms with Crippen LogP contribution in [0.3, 0.4) is 0 Å². The lowest BCUT2D eigenvalue weighted by Crippen LogP contribution is -2.20. The van der Waals surface area contributed by atoms with Crippen molar-refractivity contribution in [2.24, 2.45) is 0 Å². The number of carbonyl (C=O) groups excluding carboxylic acids is 3. The molecule has 30 heavy (non-hydrogen) atoms. The van der Waals surface area contributed by atoms with Crippen LogP contribution in [0.4, 0.5) is 23.7 Å². The highest BCUT2D eigenvalue weighted by Crippen LogP contribution is 2.32. The summed E-state index contributed by atoms with van der Waals surface area (Å²) in [5.74, 6) is -0.963. The lowest BCUT2D eigenvalue weighted by Gasteiger charge is -2.12. The number of hydrogen-bond donors (Lipinski definition) is 2. The Balaban J connectivity index is 1.70. The van der Waals surface area contributed by atoms with Crippen LogP contribution < -0.4 is 15.4 Å². The van der Waals surface area contributed by atoms with E-state index in [1.165, 1.54) is 18.2 Å². The molecule has 156 valence electrons. The molecule has 1 saturated heterocycles. The molecule has 0 spiro atoms. The fraction of sp³-hybridized carbons (Fsp3) is 0.105. The van der Waals surface area contributed by atoms with Crippen molar-refractivity contribution in [3.05, 3.63) is 63.0 Å². The van der Waals surface area contributed by atoms with Crippen LogP contribution in [0.15, 0.2) is 51.8 Å². The van der Waals surface area contributed by atoms with Gasteiger partial charge in [-0.15, -0.1) is 0 Å². The van der Waals surface area contributed by atoms with Crippen LogP contribution in [0.5, 0.6) is 5.75 Å². The molecule has 0 saturated carbocycles. The van der Waals surface area contributed by atoms with Gasteiger partial charge in [-0.25, -0.2) is 0 Å². The molecule has 3 rings (SSSR count). The molecule has 1 fully saturated rings. The normalized spacial score (nSPS) is 15.3. The van der Waals surface area contributed by atoms with Crippen molar-refractivity contribution in [3.8, 4) is 5.75 Å². The Morgan fingerprint density at radius 3 is 2.63 bits per heavy atom. The third-order valence-electron chi connectivity index (χ3n) is 3.73. The monoisotopic (exact) mass is 500 g/mol. The van der Waals surface area contributed by atoms with Gasteiger partial charge in [-0.2, -0.15) is 13.2 Å². The molecule has 0 unspecified atom stereocenters. The van der Waals surface area contributed by atoms with E-state index in [1.807, 2.05) is 0 Å². The molecule has 1 heterocycles. The quantitative estimate of drug-likeness (QED) is 0.575. The summed E-state index contributed by atoms with van der Waals surface area (Å²) in [5.41, 5.74) is -0.470. The van der Waals surface area contributed by atoms with Crippen LogP contribution in [0.1, 0.15) is 11.1 Å². The molecule has 11 heteroatoms. The number of nitrogens with one attached hydrogen (secondary N) is 2. The SMILES string of the molecule is O=C(COc1ccc(Br)cc1/C=C1\SC(=O)NC1=O)Nc1cccc(C(F)(F)F)c1. The molecular formula is C19H12BrF3N2O4S. The van der Waals surface area contributed by atoms with Gasteiger partial charge in [0, 0.05) is 15.7 Å². The van der Waals surface area contributed by atoms with E-state index in [2.05, 4.69) is 26.6 Å². The minimum absolute atomic E-state index is 0.0193. The van der Waals surface area contributed by atoms with E-state index in [0.717, 1.165) is 23.9 Å². The molecular weight excluding hydrogens is 489 g/mol. The minimum atomic E-state index is -4.52. The number of hydrogen-bond acceptors (Lipinski definition) is 5. The Morgan fingerprint density at radius 2 is 1.97 bits per heavy atom. The van der Waals surface area contributed by atoms with E-state index in [0.29, 0.717) is 10.0 Å². The molecule has 2 aromatic rings. The first-order chi connectivity index (χ1) is 14.1. The second kappa shape index (κ2) is 8.92. The topological polar surface area (TPSA) is 84.5 Å². The molecule has 0 bridgehead atoms. The van der Waals surface area contributed by atoms with Crippen molar-refractivity contribution >= 4 is 56.5 Å². The summed E-state index contributed by atoms with van der Waals surface area (Å²) >= 11 is 4.02. The number of rotatable bonds is 5. The summed E-state index contributed by atoms with van der Waals surface area (Å²) in [7, 11) is 0. The predicted octanol–water partition coefficient (Wildman–Crippen LogP) is 4.81. The number of ether oxygens (including phenoxy) is 1. The van der Waals surface area contributed by atoms with E-state index in [4.69, 9.17) is 4.74 Å². The maximum Gasteiger partial charge on any atom is 0.416 e. The molecule has 0 atom stereocenters. The molecule has 0 aromatic heterocycles. The first-order valence-electron chi connectivity index (χ1n) is 8.26. The van der Waals surface area contributed by atoms with Crippen LogP contribution in [0.25, 0.3) is 6.08 Å². The average Bonchev–Trinajstić information content (AvgIpc) is 2.97. The van der Waals surface area contributed by atoms with Gasteiger partial charge in [-0.3, -0.25) is 19.7 Å². The Bertz CT molecular complexity index is 1060. The van der Waals surface area contributed by atoms with Crippen LogP contribution in [0.2, 0.25) is 0 Å². The Morgan fingerprint density at radius 1 is 1.20 bits per heavy atom. The summed E-state index contributed by atoms with van der Waals surface area (Å²) in [6.07, 6.45) is -3.08. The summed E-state index contributed by atoms with van der Waals surface area (Å²) < 4.78 is 44.5. The second-order valence-corrected chi connectivity index (χ2v) is 7.88. The lowest BCUT2D eigenvalue weighted by molar-refractivity contribution is -0.137. The van der Waals surface area contributed by atoms with E-state index >= 15 is 0 Å². The predicted molar refractivity (Wildman–Crippen MR) is 109 cm³/mol. The van der Waals surface area contributed by atoms with Crippen molar-refractivity contribution in [2.45, 2.75) is 6.18 Å². The van der Waals surface area contributed by atoms with Crippen molar-refractivity contribution in [3.63, 3.8) is 0 Å². The highest BCUT2D eigenvalue weighted by molar-refractivity contribution is 9.10. The van der Waals surface area contributed by atoms with Crippen LogP contribution >= 0.6 is 27.7 Å². The van der Waals surface area contributed by atoms with Crippen molar-refractivity contribution in [2.75, 3.05) is 11.9 Å². The molecule has 0 aliphatic carbocycles. The zero-order valence-corrected chi connectivity index (χ0v) is 17.3. The zero-order chi connectivity index (χ0) is 21.9. The first kappa shape index (κ1) is 21.9. The number of halogens is 4. The van der Waals surface area contributed by atoms with Gasteiger partial charge in [-0.1, -0.05) is 22.0 Å². The van der Waals surface area contributed by atoms with Gasteiger partial charge in [0.1, 0.15) is 5.75 Å². The fourth-order valence-electron chi connectivity index (χ4n) is 2.44. The summed E-state index contributed by atoms with van der Waals surface area (Å²) in [4.78, 5) is 35.3. The van der Waals surface area contributed by atoms with Gasteiger partial charge in [0.2, 0.25) is 0 Å². The second-order valence-electron chi connectivity index (χ2n) is 5.95. The lowest BCUT2D eigenvalue weighted by atomic mass is 10.2. The van der Waals surface area contributed by atoms with E-state index in [1.54, 1.807) is 18.2 Å². The van der Waals surface area contributed by atoms with E-state index in [9.17, 15) is 27.6 Å². The zero-order valence-electron chi connectivity index (χ0n) is 14.9. The van der Waals surface area contributed by atoms with Gasteiger partial charge in [-0.05, 0) is 54.2 Å². The maximum atomic E-state index is 12.8. The fourth-order valence-corrected chi connectivity index (χ4v) is 3.49. The van der Waals surface area contributed by atoms with Gasteiger partial charge < -0.3 is 10.1 Å². The van der Waals surface area contributed by atoms with Crippen LogP contribution in [-0.4, -0.2) is 23.7 Å². The number of benzene rings is 2. The van der Waals surface area contributed by atoms with Crippen LogP contribution in [0, 0.1) is 0 Å². The minimum Gasteiger partial charge on any atom is -0.483 e. The number of amides is 3. The first-order valence-corrected chi connectivity index (χ1v) is 9.87. The summed E-state index contributed by atoms with van der Waals surface area (Å²) in [6, 6.07) is 9.06. The largest absolute Gasteiger partial charge is 0.483 e. The van der Waals surface area contributed by atoms with Gasteiger partial charge in [0.05, 0.1) is 10.5 Å². The Labute approximate surface area is 181 Å². The van der Waals surface area contributed by atoms with E-state index in [-0.39, 0.29) is 16.3 Å². The highest BCUT2D eigenvalue weighted by atomic mass is 79.9. The molecule has 2 N–H and O–H groups in total. The van der Waals surface area contributed by atoms with Gasteiger partial charge >= 0.3 is 6.18 Å². The number of alkyl halides is 3. The highest BCUT2D eigenvalue weighted by Gasteiger charge is 2.30. The molecule has 1 aliphatic heterocycles. The summed E-state index contributed by atoms with van der Waals surface area (Å²) in [6.45, 7) is -0.480. The van der Waals surface area contributed by atoms with Crippen molar-refractivity contribution in [1.82, 2.24) is 5.32 Å². The summed E-state index contributed by atoms with van der Waals surface area (Å²) in [5, 5.41) is 3.98. The van der Waals surface area contributed by atoms with Crippen molar-refractivity contribution in [1.29, 1.82) is 0 Å². The van der Waals surface area contributed by atoms with E-state index < -0.39 is 35.4 Å². The number of thioether (sulfide) groups is 1. The molecule has 1 aliphatic rings. The Hall–Kier alpha value is -2.79.